The molecule has 0 aromatic heterocycles. The molecule has 0 aliphatic carbocycles. The van der Waals surface area contributed by atoms with Gasteiger partial charge in [-0.1, -0.05) is 56.3 Å². The van der Waals surface area contributed by atoms with Crippen molar-refractivity contribution in [1.29, 1.82) is 0 Å². The van der Waals surface area contributed by atoms with E-state index in [1.165, 1.54) is 5.56 Å². The van der Waals surface area contributed by atoms with Gasteiger partial charge in [-0.15, -0.1) is 0 Å². The molecule has 0 spiro atoms. The molecule has 2 aromatic carbocycles. The molecular formula is C25H32N2O3. The number of nitrogens with one attached hydrogen (secondary N) is 1. The van der Waals surface area contributed by atoms with Crippen molar-refractivity contribution in [3.05, 3.63) is 65.7 Å². The molecule has 1 fully saturated rings. The number of rotatable bonds is 7. The van der Waals surface area contributed by atoms with E-state index in [2.05, 4.69) is 36.2 Å². The summed E-state index contributed by atoms with van der Waals surface area (Å²) < 4.78 is 5.18. The molecule has 1 aliphatic rings. The Balaban J connectivity index is 1.73. The Bertz CT molecular complexity index is 825. The van der Waals surface area contributed by atoms with Crippen LogP contribution in [-0.2, 0) is 14.3 Å². The smallest absolute Gasteiger partial charge is 0.309 e. The lowest BCUT2D eigenvalue weighted by atomic mass is 9.94. The van der Waals surface area contributed by atoms with E-state index in [4.69, 9.17) is 4.74 Å². The Morgan fingerprint density at radius 2 is 1.63 bits per heavy atom. The maximum absolute atomic E-state index is 13.3. The first-order chi connectivity index (χ1) is 14.5. The molecular weight excluding hydrogens is 376 g/mol. The van der Waals surface area contributed by atoms with Crippen LogP contribution in [-0.4, -0.2) is 36.5 Å². The van der Waals surface area contributed by atoms with Gasteiger partial charge < -0.3 is 10.1 Å². The molecule has 30 heavy (non-hydrogen) atoms. The van der Waals surface area contributed by atoms with Gasteiger partial charge in [0.15, 0.2) is 0 Å². The number of amides is 1. The zero-order chi connectivity index (χ0) is 21.5. The van der Waals surface area contributed by atoms with Gasteiger partial charge in [0, 0.05) is 18.8 Å². The number of piperidine rings is 1. The van der Waals surface area contributed by atoms with Crippen LogP contribution in [0.5, 0.6) is 0 Å². The number of hydrogen-bond acceptors (Lipinski definition) is 4. The van der Waals surface area contributed by atoms with E-state index in [9.17, 15) is 9.59 Å². The van der Waals surface area contributed by atoms with Gasteiger partial charge in [0.05, 0.1) is 12.5 Å². The summed E-state index contributed by atoms with van der Waals surface area (Å²) in [6.45, 7) is 7.91. The SMILES string of the molecule is CCOC(=O)C1CCN(C(C(=O)Nc2ccc(C(C)C)cc2)c2ccccc2)CC1. The van der Waals surface area contributed by atoms with Crippen LogP contribution < -0.4 is 5.32 Å². The summed E-state index contributed by atoms with van der Waals surface area (Å²) in [5.74, 6) is 0.202. The van der Waals surface area contributed by atoms with Crippen LogP contribution in [0, 0.1) is 5.92 Å². The van der Waals surface area contributed by atoms with Gasteiger partial charge in [-0.2, -0.15) is 0 Å². The van der Waals surface area contributed by atoms with E-state index in [0.717, 1.165) is 11.3 Å². The quantitative estimate of drug-likeness (QED) is 0.671. The molecule has 5 nitrogen and oxygen atoms in total. The number of benzene rings is 2. The van der Waals surface area contributed by atoms with Crippen LogP contribution in [0.3, 0.4) is 0 Å². The topological polar surface area (TPSA) is 58.6 Å². The summed E-state index contributed by atoms with van der Waals surface area (Å²) in [6.07, 6.45) is 1.41. The summed E-state index contributed by atoms with van der Waals surface area (Å²) in [6, 6.07) is 17.5. The van der Waals surface area contributed by atoms with Gasteiger partial charge in [0.25, 0.3) is 0 Å². The fourth-order valence-electron chi connectivity index (χ4n) is 3.98. The van der Waals surface area contributed by atoms with Gasteiger partial charge >= 0.3 is 5.97 Å². The third-order valence-electron chi connectivity index (χ3n) is 5.72. The second-order valence-electron chi connectivity index (χ2n) is 8.14. The van der Waals surface area contributed by atoms with E-state index in [-0.39, 0.29) is 23.8 Å². The standard InChI is InChI=1S/C25H32N2O3/c1-4-30-25(29)21-14-16-27(17-15-21)23(20-8-6-5-7-9-20)24(28)26-22-12-10-19(11-13-22)18(2)3/h5-13,18,21,23H,4,14-17H2,1-3H3,(H,26,28). The lowest BCUT2D eigenvalue weighted by Crippen LogP contribution is -2.43. The number of carbonyl (C=O) groups excluding carboxylic acids is 2. The number of ether oxygens (including phenoxy) is 1. The third-order valence-corrected chi connectivity index (χ3v) is 5.72. The minimum absolute atomic E-state index is 0.0481. The molecule has 1 N–H and O–H groups in total. The van der Waals surface area contributed by atoms with E-state index in [1.807, 2.05) is 49.4 Å². The van der Waals surface area contributed by atoms with Crippen LogP contribution >= 0.6 is 0 Å². The predicted molar refractivity (Wildman–Crippen MR) is 119 cm³/mol. The van der Waals surface area contributed by atoms with Crippen LogP contribution in [0.4, 0.5) is 5.69 Å². The highest BCUT2D eigenvalue weighted by atomic mass is 16.5. The lowest BCUT2D eigenvalue weighted by Gasteiger charge is -2.36. The van der Waals surface area contributed by atoms with Gasteiger partial charge in [-0.05, 0) is 48.9 Å². The minimum Gasteiger partial charge on any atom is -0.466 e. The van der Waals surface area contributed by atoms with Crippen molar-refractivity contribution in [1.82, 2.24) is 4.90 Å². The number of anilines is 1. The highest BCUT2D eigenvalue weighted by Gasteiger charge is 2.33. The number of carbonyl (C=O) groups is 2. The number of likely N-dealkylation sites (tertiary alicyclic amines) is 1. The zero-order valence-electron chi connectivity index (χ0n) is 18.1. The molecule has 1 amide bonds. The number of nitrogens with zero attached hydrogens (tertiary/aromatic N) is 1. The van der Waals surface area contributed by atoms with Crippen LogP contribution in [0.1, 0.15) is 56.7 Å². The van der Waals surface area contributed by atoms with E-state index < -0.39 is 0 Å². The molecule has 0 bridgehead atoms. The van der Waals surface area contributed by atoms with E-state index in [1.54, 1.807) is 0 Å². The van der Waals surface area contributed by atoms with Gasteiger partial charge in [-0.3, -0.25) is 14.5 Å². The largest absolute Gasteiger partial charge is 0.466 e. The van der Waals surface area contributed by atoms with Crippen LogP contribution in [0.15, 0.2) is 54.6 Å². The first-order valence-electron chi connectivity index (χ1n) is 10.9. The molecule has 2 aromatic rings. The highest BCUT2D eigenvalue weighted by molar-refractivity contribution is 5.95. The summed E-state index contributed by atoms with van der Waals surface area (Å²) in [4.78, 5) is 27.5. The Labute approximate surface area is 179 Å². The Kier molecular flexibility index (Phi) is 7.63. The van der Waals surface area contributed by atoms with E-state index in [0.29, 0.717) is 38.5 Å². The highest BCUT2D eigenvalue weighted by Crippen LogP contribution is 2.29. The lowest BCUT2D eigenvalue weighted by molar-refractivity contribution is -0.149. The maximum atomic E-state index is 13.3. The van der Waals surface area contributed by atoms with Crippen molar-refractivity contribution < 1.29 is 14.3 Å². The normalized spacial score (nSPS) is 16.3. The van der Waals surface area contributed by atoms with Crippen LogP contribution in [0.25, 0.3) is 0 Å². The summed E-state index contributed by atoms with van der Waals surface area (Å²) >= 11 is 0. The van der Waals surface area contributed by atoms with E-state index >= 15 is 0 Å². The molecule has 1 heterocycles. The Hall–Kier alpha value is -2.66. The monoisotopic (exact) mass is 408 g/mol. The van der Waals surface area contributed by atoms with Crippen molar-refractivity contribution in [2.75, 3.05) is 25.0 Å². The molecule has 0 saturated carbocycles. The molecule has 3 rings (SSSR count). The van der Waals surface area contributed by atoms with Crippen molar-refractivity contribution in [3.63, 3.8) is 0 Å². The fraction of sp³-hybridized carbons (Fsp3) is 0.440. The second kappa shape index (κ2) is 10.4. The molecule has 1 aliphatic heterocycles. The van der Waals surface area contributed by atoms with Gasteiger partial charge in [0.1, 0.15) is 6.04 Å². The number of esters is 1. The zero-order valence-corrected chi connectivity index (χ0v) is 18.1. The van der Waals surface area contributed by atoms with Crippen molar-refractivity contribution in [2.24, 2.45) is 5.92 Å². The molecule has 5 heteroatoms. The van der Waals surface area contributed by atoms with Gasteiger partial charge in [0.2, 0.25) is 5.91 Å². The summed E-state index contributed by atoms with van der Waals surface area (Å²) in [5, 5.41) is 3.09. The average Bonchev–Trinajstić information content (AvgIpc) is 2.76. The van der Waals surface area contributed by atoms with Crippen molar-refractivity contribution in [3.8, 4) is 0 Å². The predicted octanol–water partition coefficient (Wildman–Crippen LogP) is 4.76. The van der Waals surface area contributed by atoms with Crippen molar-refractivity contribution in [2.45, 2.75) is 45.6 Å². The maximum Gasteiger partial charge on any atom is 0.309 e. The van der Waals surface area contributed by atoms with Crippen molar-refractivity contribution >= 4 is 17.6 Å². The molecule has 1 unspecified atom stereocenters. The first kappa shape index (κ1) is 22.0. The number of hydrogen-bond donors (Lipinski definition) is 1. The minimum atomic E-state index is -0.390. The van der Waals surface area contributed by atoms with Crippen LogP contribution in [0.2, 0.25) is 0 Å². The summed E-state index contributed by atoms with van der Waals surface area (Å²) in [7, 11) is 0. The van der Waals surface area contributed by atoms with Gasteiger partial charge in [-0.25, -0.2) is 0 Å². The first-order valence-corrected chi connectivity index (χ1v) is 10.9. The fourth-order valence-corrected chi connectivity index (χ4v) is 3.98. The molecule has 1 atom stereocenters. The Morgan fingerprint density at radius 3 is 2.20 bits per heavy atom. The third kappa shape index (κ3) is 5.48. The molecule has 160 valence electrons. The second-order valence-corrected chi connectivity index (χ2v) is 8.14. The molecule has 0 radical (unpaired) electrons. The average molecular weight is 409 g/mol. The summed E-state index contributed by atoms with van der Waals surface area (Å²) in [5.41, 5.74) is 3.00. The molecule has 1 saturated heterocycles. The Morgan fingerprint density at radius 1 is 1.00 bits per heavy atom.